The van der Waals surface area contributed by atoms with Gasteiger partial charge in [-0.1, -0.05) is 5.46 Å². The van der Waals surface area contributed by atoms with Crippen LogP contribution in [0.25, 0.3) is 0 Å². The Labute approximate surface area is 59.4 Å². The van der Waals surface area contributed by atoms with Crippen molar-refractivity contribution in [1.29, 1.82) is 0 Å². The van der Waals surface area contributed by atoms with Crippen LogP contribution in [0.15, 0.2) is 12.3 Å². The minimum atomic E-state index is -0.414. The van der Waals surface area contributed by atoms with Crippen LogP contribution in [0, 0.1) is 5.82 Å². The number of ether oxygens (including phenoxy) is 1. The lowest BCUT2D eigenvalue weighted by molar-refractivity contribution is 0.369. The molecule has 0 aliphatic carbocycles. The van der Waals surface area contributed by atoms with Crippen molar-refractivity contribution in [3.05, 3.63) is 18.1 Å². The third kappa shape index (κ3) is 1.26. The van der Waals surface area contributed by atoms with Gasteiger partial charge in [-0.3, -0.25) is 0 Å². The largest absolute Gasteiger partial charge is 0.479 e. The summed E-state index contributed by atoms with van der Waals surface area (Å²) in [5, 5.41) is 0. The Kier molecular flexibility index (Phi) is 1.90. The van der Waals surface area contributed by atoms with Gasteiger partial charge in [0, 0.05) is 6.20 Å². The summed E-state index contributed by atoms with van der Waals surface area (Å²) >= 11 is 0. The van der Waals surface area contributed by atoms with Gasteiger partial charge in [0.2, 0.25) is 5.88 Å². The van der Waals surface area contributed by atoms with E-state index in [1.807, 2.05) is 0 Å². The van der Waals surface area contributed by atoms with Crippen molar-refractivity contribution in [2.45, 2.75) is 0 Å². The highest BCUT2D eigenvalue weighted by Gasteiger charge is 2.00. The first kappa shape index (κ1) is 7.06. The molecule has 0 fully saturated rings. The van der Waals surface area contributed by atoms with E-state index in [0.29, 0.717) is 0 Å². The first-order valence-corrected chi connectivity index (χ1v) is 2.90. The van der Waals surface area contributed by atoms with Crippen LogP contribution in [-0.2, 0) is 0 Å². The monoisotopic (exact) mass is 139 g/mol. The fourth-order valence-electron chi connectivity index (χ4n) is 0.671. The van der Waals surface area contributed by atoms with Crippen molar-refractivity contribution in [3.8, 4) is 5.88 Å². The molecule has 2 nitrogen and oxygen atoms in total. The molecule has 0 bridgehead atoms. The molecule has 1 aromatic rings. The molecule has 52 valence electrons. The highest BCUT2D eigenvalue weighted by atomic mass is 19.1. The van der Waals surface area contributed by atoms with Gasteiger partial charge in [-0.15, -0.1) is 0 Å². The van der Waals surface area contributed by atoms with Crippen LogP contribution in [0.2, 0.25) is 0 Å². The highest BCUT2D eigenvalue weighted by molar-refractivity contribution is 6.32. The van der Waals surface area contributed by atoms with Crippen LogP contribution in [0.5, 0.6) is 5.88 Å². The molecule has 0 saturated carbocycles. The Hall–Kier alpha value is -1.06. The Morgan fingerprint density at radius 1 is 1.70 bits per heavy atom. The summed E-state index contributed by atoms with van der Waals surface area (Å²) < 4.78 is 17.3. The maximum absolute atomic E-state index is 12.7. The van der Waals surface area contributed by atoms with E-state index in [0.717, 1.165) is 5.46 Å². The first-order chi connectivity index (χ1) is 4.74. The Balaban J connectivity index is 3.07. The normalized spacial score (nSPS) is 9.40. The predicted molar refractivity (Wildman–Crippen MR) is 38.9 cm³/mol. The Morgan fingerprint density at radius 3 is 2.90 bits per heavy atom. The van der Waals surface area contributed by atoms with Crippen molar-refractivity contribution in [2.75, 3.05) is 7.11 Å². The lowest BCUT2D eigenvalue weighted by atomic mass is 9.99. The Morgan fingerprint density at radius 2 is 2.40 bits per heavy atom. The molecule has 0 N–H and O–H groups in total. The lowest BCUT2D eigenvalue weighted by Crippen LogP contribution is -2.05. The molecule has 0 spiro atoms. The first-order valence-electron chi connectivity index (χ1n) is 2.90. The molecule has 4 heteroatoms. The zero-order valence-corrected chi connectivity index (χ0v) is 5.89. The van der Waals surface area contributed by atoms with E-state index in [9.17, 15) is 4.39 Å². The van der Waals surface area contributed by atoms with Crippen molar-refractivity contribution in [2.24, 2.45) is 0 Å². The van der Waals surface area contributed by atoms with Crippen LogP contribution in [-0.4, -0.2) is 19.9 Å². The fraction of sp³-hybridized carbons (Fsp3) is 0.167. The van der Waals surface area contributed by atoms with Gasteiger partial charge in [-0.05, 0) is 6.07 Å². The van der Waals surface area contributed by atoms with Crippen molar-refractivity contribution < 1.29 is 9.13 Å². The summed E-state index contributed by atoms with van der Waals surface area (Å²) in [7, 11) is 3.16. The number of nitrogens with zero attached hydrogens (tertiary/aromatic N) is 1. The van der Waals surface area contributed by atoms with Crippen LogP contribution in [0.3, 0.4) is 0 Å². The molecule has 1 heterocycles. The summed E-state index contributed by atoms with van der Waals surface area (Å²) in [6.45, 7) is 0. The molecule has 0 amide bonds. The average molecular weight is 139 g/mol. The third-order valence-corrected chi connectivity index (χ3v) is 1.14. The third-order valence-electron chi connectivity index (χ3n) is 1.14. The summed E-state index contributed by atoms with van der Waals surface area (Å²) in [6, 6.07) is 1.38. The number of hydrogen-bond donors (Lipinski definition) is 0. The van der Waals surface area contributed by atoms with Gasteiger partial charge in [0.15, 0.2) is 5.82 Å². The molecule has 0 aliphatic heterocycles. The van der Waals surface area contributed by atoms with Gasteiger partial charge >= 0.3 is 0 Å². The van der Waals surface area contributed by atoms with Crippen molar-refractivity contribution in [1.82, 2.24) is 4.98 Å². The molecule has 1 rings (SSSR count). The van der Waals surface area contributed by atoms with Crippen LogP contribution < -0.4 is 10.2 Å². The van der Waals surface area contributed by atoms with E-state index in [-0.39, 0.29) is 5.88 Å². The van der Waals surface area contributed by atoms with Gasteiger partial charge in [-0.25, -0.2) is 9.37 Å². The molecule has 0 aliphatic rings. The number of halogens is 1. The van der Waals surface area contributed by atoms with Gasteiger partial charge in [0.25, 0.3) is 0 Å². The molecular formula is C6H7BFNO. The van der Waals surface area contributed by atoms with E-state index in [2.05, 4.69) is 9.72 Å². The minimum absolute atomic E-state index is 0.0469. The number of methoxy groups -OCH3 is 1. The highest BCUT2D eigenvalue weighted by Crippen LogP contribution is 2.08. The molecule has 10 heavy (non-hydrogen) atoms. The second-order valence-corrected chi connectivity index (χ2v) is 2.00. The average Bonchev–Trinajstić information content (AvgIpc) is 1.88. The molecular weight excluding hydrogens is 132 g/mol. The van der Waals surface area contributed by atoms with Crippen molar-refractivity contribution >= 4 is 13.3 Å². The number of pyridine rings is 1. The topological polar surface area (TPSA) is 22.1 Å². The van der Waals surface area contributed by atoms with Crippen LogP contribution in [0.1, 0.15) is 0 Å². The van der Waals surface area contributed by atoms with E-state index < -0.39 is 5.82 Å². The SMILES string of the molecule is Bc1cnc(OC)c(F)c1. The molecule has 0 radical (unpaired) electrons. The van der Waals surface area contributed by atoms with E-state index in [1.165, 1.54) is 13.2 Å². The Bertz CT molecular complexity index is 241. The van der Waals surface area contributed by atoms with Crippen molar-refractivity contribution in [3.63, 3.8) is 0 Å². The molecule has 0 atom stereocenters. The zero-order chi connectivity index (χ0) is 7.56. The van der Waals surface area contributed by atoms with Gasteiger partial charge in [0.1, 0.15) is 7.85 Å². The summed E-state index contributed by atoms with van der Waals surface area (Å²) in [5.74, 6) is -0.367. The predicted octanol–water partition coefficient (Wildman–Crippen LogP) is -0.512. The summed E-state index contributed by atoms with van der Waals surface area (Å²) in [5.41, 5.74) is 0.790. The van der Waals surface area contributed by atoms with Crippen LogP contribution >= 0.6 is 0 Å². The lowest BCUT2D eigenvalue weighted by Gasteiger charge is -1.99. The maximum atomic E-state index is 12.7. The van der Waals surface area contributed by atoms with Gasteiger partial charge in [-0.2, -0.15) is 0 Å². The second kappa shape index (κ2) is 2.69. The van der Waals surface area contributed by atoms with E-state index >= 15 is 0 Å². The standard InChI is InChI=1S/C6H7BFNO/c1-10-6-5(8)2-4(7)3-9-6/h2-3H,7H2,1H3. The summed E-state index contributed by atoms with van der Waals surface area (Å²) in [4.78, 5) is 3.70. The minimum Gasteiger partial charge on any atom is -0.479 e. The maximum Gasteiger partial charge on any atom is 0.250 e. The number of rotatable bonds is 1. The summed E-state index contributed by atoms with van der Waals surface area (Å²) in [6.07, 6.45) is 1.56. The zero-order valence-electron chi connectivity index (χ0n) is 5.89. The number of aromatic nitrogens is 1. The molecule has 0 saturated heterocycles. The van der Waals surface area contributed by atoms with E-state index in [4.69, 9.17) is 0 Å². The van der Waals surface area contributed by atoms with E-state index in [1.54, 1.807) is 14.0 Å². The molecule has 1 aromatic heterocycles. The molecule has 0 unspecified atom stereocenters. The van der Waals surface area contributed by atoms with Gasteiger partial charge in [0.05, 0.1) is 7.11 Å². The quantitative estimate of drug-likeness (QED) is 0.488. The second-order valence-electron chi connectivity index (χ2n) is 2.00. The fourth-order valence-corrected chi connectivity index (χ4v) is 0.671. The number of hydrogen-bond acceptors (Lipinski definition) is 2. The smallest absolute Gasteiger partial charge is 0.250 e. The molecule has 0 aromatic carbocycles. The van der Waals surface area contributed by atoms with Crippen LogP contribution in [0.4, 0.5) is 4.39 Å². The van der Waals surface area contributed by atoms with Gasteiger partial charge < -0.3 is 4.74 Å².